The summed E-state index contributed by atoms with van der Waals surface area (Å²) in [6, 6.07) is 16.6. The summed E-state index contributed by atoms with van der Waals surface area (Å²) in [7, 11) is 0. The van der Waals surface area contributed by atoms with Crippen molar-refractivity contribution in [2.24, 2.45) is 0 Å². The number of aromatic nitrogens is 4. The van der Waals surface area contributed by atoms with Crippen molar-refractivity contribution in [1.29, 1.82) is 0 Å². The Morgan fingerprint density at radius 3 is 2.66 bits per heavy atom. The second kappa shape index (κ2) is 7.71. The summed E-state index contributed by atoms with van der Waals surface area (Å²) in [6.07, 6.45) is 1.69. The summed E-state index contributed by atoms with van der Waals surface area (Å²) in [5.41, 5.74) is 2.77. The van der Waals surface area contributed by atoms with Crippen LogP contribution in [-0.2, 0) is 0 Å². The van der Waals surface area contributed by atoms with Crippen molar-refractivity contribution in [3.8, 4) is 16.9 Å². The number of nitrogens with zero attached hydrogens (tertiary/aromatic N) is 4. The maximum absolute atomic E-state index is 12.6. The van der Waals surface area contributed by atoms with Gasteiger partial charge in [0.1, 0.15) is 5.69 Å². The third-order valence-electron chi connectivity index (χ3n) is 4.93. The quantitative estimate of drug-likeness (QED) is 0.570. The van der Waals surface area contributed by atoms with Gasteiger partial charge in [0.2, 0.25) is 0 Å². The Bertz CT molecular complexity index is 1240. The van der Waals surface area contributed by atoms with Crippen LogP contribution in [0.15, 0.2) is 65.6 Å². The standard InChI is InChI=1S/C22H21N5O2/c1-3-26(4-2)22(29)16-9-7-10-17(12-16)27-14-20(24-25-27)18-13-15-8-5-6-11-19(15)23-21(18)28/h5-14H,3-4H2,1-2H3,(H,23,28). The highest BCUT2D eigenvalue weighted by atomic mass is 16.2. The van der Waals surface area contributed by atoms with Crippen LogP contribution in [0.5, 0.6) is 0 Å². The molecule has 0 fully saturated rings. The van der Waals surface area contributed by atoms with Crippen LogP contribution in [0.2, 0.25) is 0 Å². The van der Waals surface area contributed by atoms with E-state index in [1.807, 2.05) is 56.3 Å². The van der Waals surface area contributed by atoms with Gasteiger partial charge < -0.3 is 9.88 Å². The average Bonchev–Trinajstić information content (AvgIpc) is 3.24. The fraction of sp³-hybridized carbons (Fsp3) is 0.182. The van der Waals surface area contributed by atoms with Crippen LogP contribution in [0.1, 0.15) is 24.2 Å². The number of rotatable bonds is 5. The fourth-order valence-corrected chi connectivity index (χ4v) is 3.33. The number of hydrogen-bond acceptors (Lipinski definition) is 4. The molecule has 7 nitrogen and oxygen atoms in total. The van der Waals surface area contributed by atoms with E-state index in [2.05, 4.69) is 15.3 Å². The van der Waals surface area contributed by atoms with Gasteiger partial charge in [0.25, 0.3) is 11.5 Å². The van der Waals surface area contributed by atoms with Gasteiger partial charge in [-0.2, -0.15) is 0 Å². The number of fused-ring (bicyclic) bond motifs is 1. The summed E-state index contributed by atoms with van der Waals surface area (Å²) >= 11 is 0. The topological polar surface area (TPSA) is 83.9 Å². The summed E-state index contributed by atoms with van der Waals surface area (Å²) in [4.78, 5) is 29.7. The Balaban J connectivity index is 1.70. The first-order valence-electron chi connectivity index (χ1n) is 9.55. The predicted molar refractivity (Wildman–Crippen MR) is 112 cm³/mol. The van der Waals surface area contributed by atoms with E-state index in [9.17, 15) is 9.59 Å². The second-order valence-electron chi connectivity index (χ2n) is 6.68. The molecule has 2 aromatic carbocycles. The summed E-state index contributed by atoms with van der Waals surface area (Å²) in [5.74, 6) is -0.0248. The first-order chi connectivity index (χ1) is 14.1. The van der Waals surface area contributed by atoms with Gasteiger partial charge in [-0.1, -0.05) is 29.5 Å². The number of aromatic amines is 1. The number of H-pyrrole nitrogens is 1. The van der Waals surface area contributed by atoms with Gasteiger partial charge >= 0.3 is 0 Å². The Labute approximate surface area is 167 Å². The van der Waals surface area contributed by atoms with Crippen molar-refractivity contribution in [2.75, 3.05) is 13.1 Å². The number of carbonyl (C=O) groups is 1. The number of nitrogens with one attached hydrogen (secondary N) is 1. The van der Waals surface area contributed by atoms with Crippen LogP contribution >= 0.6 is 0 Å². The van der Waals surface area contributed by atoms with Crippen LogP contribution in [0, 0.1) is 0 Å². The molecule has 0 aliphatic rings. The SMILES string of the molecule is CCN(CC)C(=O)c1cccc(-n2cc(-c3cc4ccccc4[nH]c3=O)nn2)c1. The number of carbonyl (C=O) groups excluding carboxylic acids is 1. The highest BCUT2D eigenvalue weighted by Gasteiger charge is 2.14. The van der Waals surface area contributed by atoms with E-state index < -0.39 is 0 Å². The van der Waals surface area contributed by atoms with E-state index in [1.54, 1.807) is 27.9 Å². The van der Waals surface area contributed by atoms with E-state index in [-0.39, 0.29) is 11.5 Å². The molecule has 0 unspecified atom stereocenters. The third-order valence-corrected chi connectivity index (χ3v) is 4.93. The summed E-state index contributed by atoms with van der Waals surface area (Å²) < 4.78 is 1.57. The number of amides is 1. The minimum Gasteiger partial charge on any atom is -0.339 e. The number of pyridine rings is 1. The molecule has 0 saturated carbocycles. The minimum atomic E-state index is -0.221. The third kappa shape index (κ3) is 3.54. The van der Waals surface area contributed by atoms with Gasteiger partial charge in [-0.15, -0.1) is 5.10 Å². The zero-order valence-corrected chi connectivity index (χ0v) is 16.3. The van der Waals surface area contributed by atoms with Crippen molar-refractivity contribution in [2.45, 2.75) is 13.8 Å². The molecule has 146 valence electrons. The van der Waals surface area contributed by atoms with E-state index >= 15 is 0 Å². The van der Waals surface area contributed by atoms with Gasteiger partial charge in [0.15, 0.2) is 0 Å². The molecule has 0 bridgehead atoms. The van der Waals surface area contributed by atoms with Gasteiger partial charge in [0.05, 0.1) is 17.4 Å². The Kier molecular flexibility index (Phi) is 4.95. The summed E-state index contributed by atoms with van der Waals surface area (Å²) in [5, 5.41) is 9.25. The molecule has 0 saturated heterocycles. The molecule has 2 heterocycles. The van der Waals surface area contributed by atoms with Crippen LogP contribution < -0.4 is 5.56 Å². The minimum absolute atomic E-state index is 0.0248. The normalized spacial score (nSPS) is 11.0. The predicted octanol–water partition coefficient (Wildman–Crippen LogP) is 3.26. The van der Waals surface area contributed by atoms with E-state index in [0.717, 1.165) is 10.9 Å². The lowest BCUT2D eigenvalue weighted by Gasteiger charge is -2.18. The molecule has 0 atom stereocenters. The van der Waals surface area contributed by atoms with Crippen LogP contribution in [0.4, 0.5) is 0 Å². The smallest absolute Gasteiger partial charge is 0.258 e. The van der Waals surface area contributed by atoms with Crippen molar-refractivity contribution in [1.82, 2.24) is 24.9 Å². The Morgan fingerprint density at radius 2 is 1.86 bits per heavy atom. The second-order valence-corrected chi connectivity index (χ2v) is 6.68. The Morgan fingerprint density at radius 1 is 1.07 bits per heavy atom. The monoisotopic (exact) mass is 387 g/mol. The van der Waals surface area contributed by atoms with Gasteiger partial charge in [-0.25, -0.2) is 4.68 Å². The molecule has 0 aliphatic heterocycles. The molecule has 29 heavy (non-hydrogen) atoms. The first-order valence-corrected chi connectivity index (χ1v) is 9.55. The van der Waals surface area contributed by atoms with E-state index in [4.69, 9.17) is 0 Å². The van der Waals surface area contributed by atoms with Crippen LogP contribution in [0.25, 0.3) is 27.8 Å². The lowest BCUT2D eigenvalue weighted by molar-refractivity contribution is 0.0773. The van der Waals surface area contributed by atoms with E-state index in [1.165, 1.54) is 0 Å². The first kappa shape index (κ1) is 18.6. The van der Waals surface area contributed by atoms with Gasteiger partial charge in [-0.3, -0.25) is 9.59 Å². The number of hydrogen-bond donors (Lipinski definition) is 1. The lowest BCUT2D eigenvalue weighted by atomic mass is 10.1. The van der Waals surface area contributed by atoms with Crippen LogP contribution in [0.3, 0.4) is 0 Å². The van der Waals surface area contributed by atoms with Crippen LogP contribution in [-0.4, -0.2) is 43.9 Å². The fourth-order valence-electron chi connectivity index (χ4n) is 3.33. The van der Waals surface area contributed by atoms with Gasteiger partial charge in [0, 0.05) is 24.2 Å². The molecular formula is C22H21N5O2. The largest absolute Gasteiger partial charge is 0.339 e. The summed E-state index contributed by atoms with van der Waals surface area (Å²) in [6.45, 7) is 5.21. The molecule has 1 N–H and O–H groups in total. The van der Waals surface area contributed by atoms with Crippen molar-refractivity contribution in [3.05, 3.63) is 76.7 Å². The molecule has 0 radical (unpaired) electrons. The van der Waals surface area contributed by atoms with Crippen molar-refractivity contribution in [3.63, 3.8) is 0 Å². The van der Waals surface area contributed by atoms with Crippen molar-refractivity contribution >= 4 is 16.8 Å². The zero-order chi connectivity index (χ0) is 20.4. The highest BCUT2D eigenvalue weighted by Crippen LogP contribution is 2.19. The molecule has 1 amide bonds. The highest BCUT2D eigenvalue weighted by molar-refractivity contribution is 5.94. The average molecular weight is 387 g/mol. The maximum atomic E-state index is 12.6. The van der Waals surface area contributed by atoms with E-state index in [0.29, 0.717) is 35.6 Å². The molecule has 7 heteroatoms. The Hall–Kier alpha value is -3.74. The molecule has 4 aromatic rings. The molecule has 0 aliphatic carbocycles. The van der Waals surface area contributed by atoms with Crippen molar-refractivity contribution < 1.29 is 4.79 Å². The maximum Gasteiger partial charge on any atom is 0.258 e. The lowest BCUT2D eigenvalue weighted by Crippen LogP contribution is -2.30. The molecule has 2 aromatic heterocycles. The molecule has 0 spiro atoms. The molecular weight excluding hydrogens is 366 g/mol. The molecule has 4 rings (SSSR count). The van der Waals surface area contributed by atoms with Gasteiger partial charge in [-0.05, 0) is 49.6 Å². The zero-order valence-electron chi connectivity index (χ0n) is 16.3. The number of benzene rings is 2. The number of para-hydroxylation sites is 1.